The third-order valence-electron chi connectivity index (χ3n) is 3.00. The number of fused-ring (bicyclic) bond motifs is 2. The van der Waals surface area contributed by atoms with E-state index in [1.165, 1.54) is 0 Å². The van der Waals surface area contributed by atoms with Gasteiger partial charge in [-0.15, -0.1) is 0 Å². The minimum Gasteiger partial charge on any atom is -0.350 e. The first-order valence-corrected chi connectivity index (χ1v) is 4.96. The smallest absolute Gasteiger partial charge is 0.229 e. The van der Waals surface area contributed by atoms with E-state index in [1.54, 1.807) is 4.90 Å². The van der Waals surface area contributed by atoms with Crippen molar-refractivity contribution < 1.29 is 19.0 Å². The monoisotopic (exact) mass is 199 g/mol. The molecule has 0 aromatic heterocycles. The first-order valence-electron chi connectivity index (χ1n) is 4.96. The molecule has 1 amide bonds. The molecule has 3 saturated heterocycles. The molecule has 0 N–H and O–H groups in total. The van der Waals surface area contributed by atoms with Crippen molar-refractivity contribution in [1.82, 2.24) is 4.90 Å². The molecule has 3 aliphatic heterocycles. The van der Waals surface area contributed by atoms with Gasteiger partial charge in [-0.2, -0.15) is 0 Å². The van der Waals surface area contributed by atoms with Crippen LogP contribution in [0.15, 0.2) is 0 Å². The normalized spacial score (nSPS) is 46.6. The Kier molecular flexibility index (Phi) is 1.80. The van der Waals surface area contributed by atoms with Crippen molar-refractivity contribution in [3.63, 3.8) is 0 Å². The van der Waals surface area contributed by atoms with Crippen molar-refractivity contribution >= 4 is 5.91 Å². The molecule has 0 spiro atoms. The van der Waals surface area contributed by atoms with Crippen LogP contribution in [0, 0.1) is 0 Å². The van der Waals surface area contributed by atoms with Gasteiger partial charge in [0.2, 0.25) is 5.91 Å². The number of carbonyl (C=O) groups is 1. The average Bonchev–Trinajstić information content (AvgIpc) is 2.17. The molecule has 0 aromatic rings. The summed E-state index contributed by atoms with van der Waals surface area (Å²) in [6.07, 6.45) is 0.288. The minimum absolute atomic E-state index is 0.000509. The second-order valence-electron chi connectivity index (χ2n) is 3.95. The van der Waals surface area contributed by atoms with Crippen LogP contribution in [0.2, 0.25) is 0 Å². The quantitative estimate of drug-likeness (QED) is 0.503. The highest BCUT2D eigenvalue weighted by Gasteiger charge is 2.48. The third kappa shape index (κ3) is 1.16. The Labute approximate surface area is 81.9 Å². The zero-order valence-corrected chi connectivity index (χ0v) is 8.01. The summed E-state index contributed by atoms with van der Waals surface area (Å²) in [5.41, 5.74) is 0. The van der Waals surface area contributed by atoms with Gasteiger partial charge in [-0.1, -0.05) is 0 Å². The summed E-state index contributed by atoms with van der Waals surface area (Å²) in [7, 11) is 0. The number of hydrogen-bond acceptors (Lipinski definition) is 4. The summed E-state index contributed by atoms with van der Waals surface area (Å²) >= 11 is 0. The minimum atomic E-state index is -0.187. The van der Waals surface area contributed by atoms with E-state index < -0.39 is 0 Å². The standard InChI is InChI=1S/C9H13NO4/c1-5-12-4-7-6(13-5)3-10-8(11)2-9(10)14-7/h5-7,9H,2-4H2,1H3/t5-,6+,7-,9+/m1/s1. The van der Waals surface area contributed by atoms with Crippen molar-refractivity contribution in [3.8, 4) is 0 Å². The molecule has 3 aliphatic rings. The molecule has 78 valence electrons. The van der Waals surface area contributed by atoms with Gasteiger partial charge in [0, 0.05) is 0 Å². The van der Waals surface area contributed by atoms with Gasteiger partial charge in [0.1, 0.15) is 18.4 Å². The van der Waals surface area contributed by atoms with Crippen LogP contribution in [0.25, 0.3) is 0 Å². The number of hydrogen-bond donors (Lipinski definition) is 0. The molecule has 3 rings (SSSR count). The number of rotatable bonds is 0. The number of β-lactam (4-membered cyclic amide) rings is 1. The zero-order chi connectivity index (χ0) is 9.71. The zero-order valence-electron chi connectivity index (χ0n) is 8.01. The van der Waals surface area contributed by atoms with Crippen LogP contribution >= 0.6 is 0 Å². The molecule has 0 unspecified atom stereocenters. The lowest BCUT2D eigenvalue weighted by molar-refractivity contribution is -0.308. The van der Waals surface area contributed by atoms with Crippen LogP contribution < -0.4 is 0 Å². The Hall–Kier alpha value is -0.650. The van der Waals surface area contributed by atoms with E-state index >= 15 is 0 Å². The van der Waals surface area contributed by atoms with Gasteiger partial charge in [0.15, 0.2) is 6.29 Å². The molecule has 3 fully saturated rings. The largest absolute Gasteiger partial charge is 0.350 e. The maximum absolute atomic E-state index is 11.2. The second kappa shape index (κ2) is 2.92. The third-order valence-corrected chi connectivity index (χ3v) is 3.00. The van der Waals surface area contributed by atoms with Gasteiger partial charge in [-0.3, -0.25) is 4.79 Å². The van der Waals surface area contributed by atoms with E-state index in [0.29, 0.717) is 19.6 Å². The maximum atomic E-state index is 11.2. The van der Waals surface area contributed by atoms with Crippen LogP contribution in [0.4, 0.5) is 0 Å². The van der Waals surface area contributed by atoms with E-state index in [2.05, 4.69) is 0 Å². The van der Waals surface area contributed by atoms with Crippen LogP contribution in [0.5, 0.6) is 0 Å². The van der Waals surface area contributed by atoms with Crippen molar-refractivity contribution in [1.29, 1.82) is 0 Å². The van der Waals surface area contributed by atoms with Gasteiger partial charge in [-0.05, 0) is 6.92 Å². The summed E-state index contributed by atoms with van der Waals surface area (Å²) in [6.45, 7) is 3.09. The van der Waals surface area contributed by atoms with E-state index in [4.69, 9.17) is 14.2 Å². The molecule has 0 aliphatic carbocycles. The Morgan fingerprint density at radius 1 is 1.36 bits per heavy atom. The number of amides is 1. The highest BCUT2D eigenvalue weighted by Crippen LogP contribution is 2.31. The predicted molar refractivity (Wildman–Crippen MR) is 45.3 cm³/mol. The summed E-state index contributed by atoms with van der Waals surface area (Å²) in [6, 6.07) is 0. The molecule has 0 radical (unpaired) electrons. The van der Waals surface area contributed by atoms with E-state index in [1.807, 2.05) is 6.92 Å². The molecule has 0 saturated carbocycles. The average molecular weight is 199 g/mol. The molecule has 0 aromatic carbocycles. The summed E-state index contributed by atoms with van der Waals surface area (Å²) < 4.78 is 16.5. The van der Waals surface area contributed by atoms with Crippen molar-refractivity contribution in [2.45, 2.75) is 38.1 Å². The highest BCUT2D eigenvalue weighted by molar-refractivity contribution is 5.82. The van der Waals surface area contributed by atoms with Crippen LogP contribution in [0.1, 0.15) is 13.3 Å². The Morgan fingerprint density at radius 2 is 2.21 bits per heavy atom. The van der Waals surface area contributed by atoms with Gasteiger partial charge >= 0.3 is 0 Å². The van der Waals surface area contributed by atoms with Crippen molar-refractivity contribution in [2.24, 2.45) is 0 Å². The predicted octanol–water partition coefficient (Wildman–Crippen LogP) is -0.295. The lowest BCUT2D eigenvalue weighted by atomic mass is 10.0. The van der Waals surface area contributed by atoms with E-state index in [-0.39, 0.29) is 30.6 Å². The fourth-order valence-corrected chi connectivity index (χ4v) is 2.16. The van der Waals surface area contributed by atoms with Crippen LogP contribution in [-0.2, 0) is 19.0 Å². The Bertz CT molecular complexity index is 270. The van der Waals surface area contributed by atoms with Gasteiger partial charge in [-0.25, -0.2) is 0 Å². The fourth-order valence-electron chi connectivity index (χ4n) is 2.16. The summed E-state index contributed by atoms with van der Waals surface area (Å²) in [4.78, 5) is 12.9. The molecule has 3 heterocycles. The molecular weight excluding hydrogens is 186 g/mol. The van der Waals surface area contributed by atoms with Gasteiger partial charge in [0.25, 0.3) is 0 Å². The molecular formula is C9H13NO4. The van der Waals surface area contributed by atoms with Gasteiger partial charge in [0.05, 0.1) is 19.6 Å². The highest BCUT2D eigenvalue weighted by atomic mass is 16.7. The second-order valence-corrected chi connectivity index (χ2v) is 3.95. The van der Waals surface area contributed by atoms with Crippen molar-refractivity contribution in [3.05, 3.63) is 0 Å². The van der Waals surface area contributed by atoms with E-state index in [0.717, 1.165) is 0 Å². The fraction of sp³-hybridized carbons (Fsp3) is 0.889. The lowest BCUT2D eigenvalue weighted by Gasteiger charge is -2.51. The topological polar surface area (TPSA) is 48.0 Å². The first kappa shape index (κ1) is 8.64. The van der Waals surface area contributed by atoms with Gasteiger partial charge < -0.3 is 19.1 Å². The molecule has 0 bridgehead atoms. The summed E-state index contributed by atoms with van der Waals surface area (Å²) in [5.74, 6) is 0.163. The molecule has 5 nitrogen and oxygen atoms in total. The van der Waals surface area contributed by atoms with E-state index in [9.17, 15) is 4.79 Å². The number of ether oxygens (including phenoxy) is 3. The number of carbonyl (C=O) groups excluding carboxylic acids is 1. The van der Waals surface area contributed by atoms with Crippen LogP contribution in [-0.4, -0.2) is 48.7 Å². The van der Waals surface area contributed by atoms with Crippen LogP contribution in [0.3, 0.4) is 0 Å². The summed E-state index contributed by atoms with van der Waals surface area (Å²) in [5, 5.41) is 0. The lowest BCUT2D eigenvalue weighted by Crippen LogP contribution is -2.66. The molecule has 4 atom stereocenters. The van der Waals surface area contributed by atoms with Crippen molar-refractivity contribution in [2.75, 3.05) is 13.2 Å². The first-order chi connectivity index (χ1) is 6.74. The molecule has 14 heavy (non-hydrogen) atoms. The molecule has 5 heteroatoms. The Balaban J connectivity index is 1.71. The Morgan fingerprint density at radius 3 is 3.00 bits per heavy atom. The SMILES string of the molecule is C[C@@H]1OC[C@H]2O[C@H]3CC(=O)N3C[C@@H]2O1. The number of nitrogens with zero attached hydrogens (tertiary/aromatic N) is 1. The maximum Gasteiger partial charge on any atom is 0.229 e.